The van der Waals surface area contributed by atoms with Gasteiger partial charge in [0.2, 0.25) is 5.91 Å². The fourth-order valence-corrected chi connectivity index (χ4v) is 4.08. The highest BCUT2D eigenvalue weighted by Crippen LogP contribution is 2.24. The Morgan fingerprint density at radius 1 is 0.897 bits per heavy atom. The molecule has 4 heteroatoms. The Kier molecular flexibility index (Phi) is 5.61. The lowest BCUT2D eigenvalue weighted by atomic mass is 9.94. The molecule has 0 spiro atoms. The van der Waals surface area contributed by atoms with E-state index in [2.05, 4.69) is 5.32 Å². The molecule has 1 atom stereocenters. The number of amides is 2. The second-order valence-corrected chi connectivity index (χ2v) is 7.73. The van der Waals surface area contributed by atoms with Crippen molar-refractivity contribution in [3.05, 3.63) is 83.9 Å². The molecule has 4 nitrogen and oxygen atoms in total. The lowest BCUT2D eigenvalue weighted by Crippen LogP contribution is -2.43. The van der Waals surface area contributed by atoms with E-state index in [-0.39, 0.29) is 23.8 Å². The molecule has 1 fully saturated rings. The molecule has 29 heavy (non-hydrogen) atoms. The van der Waals surface area contributed by atoms with E-state index in [4.69, 9.17) is 0 Å². The fourth-order valence-electron chi connectivity index (χ4n) is 4.08. The molecule has 3 aromatic rings. The van der Waals surface area contributed by atoms with Crippen LogP contribution in [0.25, 0.3) is 10.8 Å². The molecular weight excluding hydrogens is 360 g/mol. The van der Waals surface area contributed by atoms with Crippen molar-refractivity contribution in [3.8, 4) is 0 Å². The van der Waals surface area contributed by atoms with E-state index in [0.717, 1.165) is 21.9 Å². The number of likely N-dealkylation sites (tertiary alicyclic amines) is 1. The summed E-state index contributed by atoms with van der Waals surface area (Å²) in [6, 6.07) is 23.8. The van der Waals surface area contributed by atoms with E-state index in [1.807, 2.05) is 84.6 Å². The van der Waals surface area contributed by atoms with Crippen LogP contribution in [0.2, 0.25) is 0 Å². The summed E-state index contributed by atoms with van der Waals surface area (Å²) >= 11 is 0. The third-order valence-corrected chi connectivity index (χ3v) is 5.83. The Morgan fingerprint density at radius 3 is 2.31 bits per heavy atom. The Bertz CT molecular complexity index is 1000. The molecule has 0 aliphatic carbocycles. The van der Waals surface area contributed by atoms with Gasteiger partial charge in [-0.15, -0.1) is 0 Å². The Labute approximate surface area is 171 Å². The van der Waals surface area contributed by atoms with Crippen LogP contribution in [0, 0.1) is 5.92 Å². The molecule has 1 aliphatic heterocycles. The Balaban J connectivity index is 1.37. The number of benzene rings is 3. The van der Waals surface area contributed by atoms with Crippen molar-refractivity contribution in [2.45, 2.75) is 25.8 Å². The first-order valence-corrected chi connectivity index (χ1v) is 10.3. The highest BCUT2D eigenvalue weighted by Gasteiger charge is 2.29. The number of fused-ring (bicyclic) bond motifs is 1. The molecule has 1 N–H and O–H groups in total. The normalized spacial score (nSPS) is 15.8. The molecule has 1 heterocycles. The van der Waals surface area contributed by atoms with Gasteiger partial charge in [-0.3, -0.25) is 9.59 Å². The lowest BCUT2D eigenvalue weighted by molar-refractivity contribution is -0.126. The SMILES string of the molecule is C[C@H](NC(=O)C1CCN(C(=O)c2cccc3ccccc23)CC1)c1ccccc1. The Morgan fingerprint density at radius 2 is 1.55 bits per heavy atom. The van der Waals surface area contributed by atoms with Gasteiger partial charge in [0.25, 0.3) is 5.91 Å². The number of hydrogen-bond acceptors (Lipinski definition) is 2. The first-order chi connectivity index (χ1) is 14.1. The minimum absolute atomic E-state index is 0.0148. The van der Waals surface area contributed by atoms with Gasteiger partial charge in [-0.25, -0.2) is 0 Å². The van der Waals surface area contributed by atoms with Crippen molar-refractivity contribution in [1.82, 2.24) is 10.2 Å². The van der Waals surface area contributed by atoms with Crippen LogP contribution in [0.1, 0.15) is 41.7 Å². The standard InChI is InChI=1S/C25H26N2O2/c1-18(19-8-3-2-4-9-19)26-24(28)21-14-16-27(17-15-21)25(29)23-13-7-11-20-10-5-6-12-22(20)23/h2-13,18,21H,14-17H2,1H3,(H,26,28)/t18-/m0/s1. The maximum Gasteiger partial charge on any atom is 0.254 e. The van der Waals surface area contributed by atoms with Gasteiger partial charge < -0.3 is 10.2 Å². The highest BCUT2D eigenvalue weighted by atomic mass is 16.2. The summed E-state index contributed by atoms with van der Waals surface area (Å²) in [4.78, 5) is 27.6. The number of carbonyl (C=O) groups is 2. The zero-order chi connectivity index (χ0) is 20.2. The number of hydrogen-bond donors (Lipinski definition) is 1. The van der Waals surface area contributed by atoms with Crippen LogP contribution >= 0.6 is 0 Å². The third kappa shape index (κ3) is 4.16. The number of rotatable bonds is 4. The quantitative estimate of drug-likeness (QED) is 0.714. The fraction of sp³-hybridized carbons (Fsp3) is 0.280. The van der Waals surface area contributed by atoms with Gasteiger partial charge in [0.15, 0.2) is 0 Å². The van der Waals surface area contributed by atoms with E-state index in [1.54, 1.807) is 0 Å². The molecule has 0 unspecified atom stereocenters. The topological polar surface area (TPSA) is 49.4 Å². The smallest absolute Gasteiger partial charge is 0.254 e. The summed E-state index contributed by atoms with van der Waals surface area (Å²) < 4.78 is 0. The maximum atomic E-state index is 13.1. The van der Waals surface area contributed by atoms with Crippen molar-refractivity contribution in [2.75, 3.05) is 13.1 Å². The van der Waals surface area contributed by atoms with Crippen molar-refractivity contribution in [2.24, 2.45) is 5.92 Å². The molecule has 0 bridgehead atoms. The summed E-state index contributed by atoms with van der Waals surface area (Å²) in [5.74, 6) is 0.0923. The van der Waals surface area contributed by atoms with Gasteiger partial charge in [-0.1, -0.05) is 66.7 Å². The van der Waals surface area contributed by atoms with Gasteiger partial charge in [0.05, 0.1) is 6.04 Å². The van der Waals surface area contributed by atoms with Crippen LogP contribution in [0.3, 0.4) is 0 Å². The molecule has 148 valence electrons. The van der Waals surface area contributed by atoms with E-state index in [1.165, 1.54) is 0 Å². The van der Waals surface area contributed by atoms with Gasteiger partial charge >= 0.3 is 0 Å². The third-order valence-electron chi connectivity index (χ3n) is 5.83. The Hall–Kier alpha value is -3.14. The molecule has 0 aromatic heterocycles. The number of piperidine rings is 1. The van der Waals surface area contributed by atoms with Crippen LogP contribution in [-0.2, 0) is 4.79 Å². The maximum absolute atomic E-state index is 13.1. The zero-order valence-corrected chi connectivity index (χ0v) is 16.7. The van der Waals surface area contributed by atoms with Crippen molar-refractivity contribution in [3.63, 3.8) is 0 Å². The predicted molar refractivity (Wildman–Crippen MR) is 116 cm³/mol. The van der Waals surface area contributed by atoms with Crippen LogP contribution in [-0.4, -0.2) is 29.8 Å². The summed E-state index contributed by atoms with van der Waals surface area (Å²) in [5.41, 5.74) is 1.84. The van der Waals surface area contributed by atoms with E-state index in [0.29, 0.717) is 25.9 Å². The number of nitrogens with one attached hydrogen (secondary N) is 1. The second kappa shape index (κ2) is 8.48. The van der Waals surface area contributed by atoms with Gasteiger partial charge in [0.1, 0.15) is 0 Å². The molecule has 4 rings (SSSR count). The second-order valence-electron chi connectivity index (χ2n) is 7.73. The number of nitrogens with zero attached hydrogens (tertiary/aromatic N) is 1. The van der Waals surface area contributed by atoms with Crippen LogP contribution in [0.4, 0.5) is 0 Å². The molecular formula is C25H26N2O2. The highest BCUT2D eigenvalue weighted by molar-refractivity contribution is 6.07. The monoisotopic (exact) mass is 386 g/mol. The molecule has 0 saturated carbocycles. The minimum Gasteiger partial charge on any atom is -0.349 e. The molecule has 3 aromatic carbocycles. The summed E-state index contributed by atoms with van der Waals surface area (Å²) in [7, 11) is 0. The van der Waals surface area contributed by atoms with Gasteiger partial charge in [-0.05, 0) is 42.2 Å². The van der Waals surface area contributed by atoms with E-state index in [9.17, 15) is 9.59 Å². The molecule has 1 saturated heterocycles. The summed E-state index contributed by atoms with van der Waals surface area (Å²) in [6.07, 6.45) is 1.40. The van der Waals surface area contributed by atoms with Gasteiger partial charge in [0, 0.05) is 24.6 Å². The van der Waals surface area contributed by atoms with Crippen LogP contribution < -0.4 is 5.32 Å². The van der Waals surface area contributed by atoms with Crippen LogP contribution in [0.5, 0.6) is 0 Å². The van der Waals surface area contributed by atoms with Crippen LogP contribution in [0.15, 0.2) is 72.8 Å². The lowest BCUT2D eigenvalue weighted by Gasteiger charge is -2.32. The first kappa shape index (κ1) is 19.2. The number of carbonyl (C=O) groups excluding carboxylic acids is 2. The minimum atomic E-state index is -0.0438. The van der Waals surface area contributed by atoms with E-state index < -0.39 is 0 Å². The predicted octanol–water partition coefficient (Wildman–Crippen LogP) is 4.57. The first-order valence-electron chi connectivity index (χ1n) is 10.3. The molecule has 1 aliphatic rings. The summed E-state index contributed by atoms with van der Waals surface area (Å²) in [6.45, 7) is 3.23. The molecule has 0 radical (unpaired) electrons. The molecule has 2 amide bonds. The van der Waals surface area contributed by atoms with Gasteiger partial charge in [-0.2, -0.15) is 0 Å². The van der Waals surface area contributed by atoms with Crippen molar-refractivity contribution < 1.29 is 9.59 Å². The van der Waals surface area contributed by atoms with E-state index >= 15 is 0 Å². The van der Waals surface area contributed by atoms with Crippen molar-refractivity contribution in [1.29, 1.82) is 0 Å². The average Bonchev–Trinajstić information content (AvgIpc) is 2.79. The summed E-state index contributed by atoms with van der Waals surface area (Å²) in [5, 5.41) is 5.18. The largest absolute Gasteiger partial charge is 0.349 e. The average molecular weight is 386 g/mol. The zero-order valence-electron chi connectivity index (χ0n) is 16.7. The van der Waals surface area contributed by atoms with Crippen molar-refractivity contribution >= 4 is 22.6 Å².